The number of benzene rings is 2. The molecular weight excluding hydrogens is 494 g/mol. The van der Waals surface area contributed by atoms with Gasteiger partial charge in [-0.25, -0.2) is 0 Å². The third-order valence-corrected chi connectivity index (χ3v) is 8.19. The second-order valence-corrected chi connectivity index (χ2v) is 10.6. The lowest BCUT2D eigenvalue weighted by molar-refractivity contribution is -0.124. The van der Waals surface area contributed by atoms with Crippen LogP contribution in [-0.4, -0.2) is 54.6 Å². The number of nitrogens with zero attached hydrogens (tertiary/aromatic N) is 7. The highest BCUT2D eigenvalue weighted by atomic mass is 16.5. The van der Waals surface area contributed by atoms with Gasteiger partial charge < -0.3 is 14.5 Å². The molecule has 3 aliphatic heterocycles. The van der Waals surface area contributed by atoms with E-state index < -0.39 is 11.5 Å². The highest BCUT2D eigenvalue weighted by molar-refractivity contribution is 6.10. The lowest BCUT2D eigenvalue weighted by Crippen LogP contribution is -2.45. The van der Waals surface area contributed by atoms with Crippen LogP contribution in [0, 0.1) is 6.92 Å². The van der Waals surface area contributed by atoms with Crippen LogP contribution in [-0.2, 0) is 30.3 Å². The fraction of sp³-hybridized carbons (Fsp3) is 0.345. The van der Waals surface area contributed by atoms with Gasteiger partial charge in [0.1, 0.15) is 22.6 Å². The Morgan fingerprint density at radius 2 is 1.97 bits per heavy atom. The van der Waals surface area contributed by atoms with Crippen LogP contribution < -0.4 is 9.64 Å². The average molecular weight is 524 g/mol. The van der Waals surface area contributed by atoms with Crippen LogP contribution in [0.3, 0.4) is 0 Å². The van der Waals surface area contributed by atoms with Gasteiger partial charge in [0.15, 0.2) is 0 Å². The summed E-state index contributed by atoms with van der Waals surface area (Å²) in [5.74, 6) is 0.542. The Labute approximate surface area is 225 Å². The first-order valence-electron chi connectivity index (χ1n) is 13.3. The quantitative estimate of drug-likeness (QED) is 0.380. The topological polar surface area (TPSA) is 98.4 Å². The van der Waals surface area contributed by atoms with Crippen molar-refractivity contribution in [3.05, 3.63) is 89.0 Å². The second kappa shape index (κ2) is 8.79. The van der Waals surface area contributed by atoms with Gasteiger partial charge in [-0.1, -0.05) is 35.5 Å². The van der Waals surface area contributed by atoms with Gasteiger partial charge in [-0.05, 0) is 48.7 Å². The molecule has 10 nitrogen and oxygen atoms in total. The van der Waals surface area contributed by atoms with Gasteiger partial charge in [-0.2, -0.15) is 5.10 Å². The molecule has 1 spiro atoms. The van der Waals surface area contributed by atoms with E-state index in [9.17, 15) is 9.59 Å². The van der Waals surface area contributed by atoms with Crippen molar-refractivity contribution in [2.75, 3.05) is 18.1 Å². The fourth-order valence-corrected chi connectivity index (χ4v) is 6.56. The standard InChI is InChI=1S/C29H29N7O3/c1-19-15-25(33(2)31-19)27(37)35-13-11-29-23-9-3-4-10-24(23)36(28(29)38)18-21-17-34(32-30-21)12-6-14-39-22-8-5-7-20(16-22)26(29)35/h3-5,7-10,15-17,26H,6,11-14,18H2,1-2H3/t26-,29+/m0/s1. The molecule has 0 radical (unpaired) electrons. The van der Waals surface area contributed by atoms with Crippen molar-refractivity contribution in [3.8, 4) is 5.75 Å². The summed E-state index contributed by atoms with van der Waals surface area (Å²) in [6.07, 6.45) is 3.16. The molecule has 0 saturated carbocycles. The van der Waals surface area contributed by atoms with Crippen molar-refractivity contribution in [3.63, 3.8) is 0 Å². The van der Waals surface area contributed by atoms with E-state index in [0.29, 0.717) is 44.1 Å². The zero-order valence-electron chi connectivity index (χ0n) is 21.9. The Morgan fingerprint density at radius 1 is 1.10 bits per heavy atom. The first kappa shape index (κ1) is 23.6. The van der Waals surface area contributed by atoms with E-state index in [4.69, 9.17) is 4.74 Å². The van der Waals surface area contributed by atoms with E-state index in [1.165, 1.54) is 0 Å². The number of aromatic nitrogens is 5. The van der Waals surface area contributed by atoms with Crippen molar-refractivity contribution in [2.24, 2.45) is 7.05 Å². The van der Waals surface area contributed by atoms with Crippen molar-refractivity contribution >= 4 is 17.5 Å². The maximum Gasteiger partial charge on any atom is 0.272 e. The van der Waals surface area contributed by atoms with Crippen molar-refractivity contribution in [1.82, 2.24) is 29.7 Å². The Balaban J connectivity index is 1.43. The Hall–Kier alpha value is -4.47. The number of likely N-dealkylation sites (tertiary alicyclic amines) is 1. The molecule has 198 valence electrons. The normalized spacial score (nSPS) is 22.1. The highest BCUT2D eigenvalue weighted by Gasteiger charge is 2.61. The van der Waals surface area contributed by atoms with E-state index >= 15 is 0 Å². The van der Waals surface area contributed by atoms with Gasteiger partial charge in [0, 0.05) is 32.2 Å². The zero-order valence-corrected chi connectivity index (χ0v) is 21.9. The smallest absolute Gasteiger partial charge is 0.272 e. The molecule has 2 amide bonds. The van der Waals surface area contributed by atoms with Crippen molar-refractivity contribution in [1.29, 1.82) is 0 Å². The van der Waals surface area contributed by atoms with E-state index in [1.807, 2.05) is 71.5 Å². The van der Waals surface area contributed by atoms with Crippen LogP contribution >= 0.6 is 0 Å². The monoisotopic (exact) mass is 523 g/mol. The maximum atomic E-state index is 14.7. The minimum atomic E-state index is -0.950. The van der Waals surface area contributed by atoms with Crippen LogP contribution in [0.4, 0.5) is 5.69 Å². The molecule has 6 bridgehead atoms. The lowest BCUT2D eigenvalue weighted by Gasteiger charge is -2.35. The van der Waals surface area contributed by atoms with Crippen LogP contribution in [0.1, 0.15) is 51.9 Å². The van der Waals surface area contributed by atoms with Gasteiger partial charge in [0.05, 0.1) is 31.1 Å². The van der Waals surface area contributed by atoms with Crippen molar-refractivity contribution in [2.45, 2.75) is 44.3 Å². The van der Waals surface area contributed by atoms with Crippen LogP contribution in [0.2, 0.25) is 0 Å². The summed E-state index contributed by atoms with van der Waals surface area (Å²) in [6, 6.07) is 17.1. The number of hydrogen-bond acceptors (Lipinski definition) is 6. The number of rotatable bonds is 1. The van der Waals surface area contributed by atoms with E-state index in [-0.39, 0.29) is 11.8 Å². The summed E-state index contributed by atoms with van der Waals surface area (Å²) < 4.78 is 9.54. The number of carbonyl (C=O) groups excluding carboxylic acids is 2. The average Bonchev–Trinajstić information content (AvgIpc) is 3.69. The second-order valence-electron chi connectivity index (χ2n) is 10.6. The number of ether oxygens (including phenoxy) is 1. The predicted molar refractivity (Wildman–Crippen MR) is 142 cm³/mol. The molecule has 2 atom stereocenters. The van der Waals surface area contributed by atoms with E-state index in [0.717, 1.165) is 34.6 Å². The molecule has 39 heavy (non-hydrogen) atoms. The third kappa shape index (κ3) is 3.58. The summed E-state index contributed by atoms with van der Waals surface area (Å²) in [7, 11) is 1.78. The molecule has 2 aromatic carbocycles. The number of para-hydroxylation sites is 1. The van der Waals surface area contributed by atoms with Crippen molar-refractivity contribution < 1.29 is 14.3 Å². The Kier molecular flexibility index (Phi) is 5.33. The predicted octanol–water partition coefficient (Wildman–Crippen LogP) is 3.17. The summed E-state index contributed by atoms with van der Waals surface area (Å²) in [5.41, 5.74) is 3.71. The summed E-state index contributed by atoms with van der Waals surface area (Å²) >= 11 is 0. The molecule has 2 aromatic heterocycles. The molecule has 7 rings (SSSR count). The number of amides is 2. The largest absolute Gasteiger partial charge is 0.494 e. The molecule has 5 heterocycles. The minimum Gasteiger partial charge on any atom is -0.494 e. The van der Waals surface area contributed by atoms with Crippen LogP contribution in [0.5, 0.6) is 5.75 Å². The number of aryl methyl sites for hydroxylation is 3. The molecular formula is C29H29N7O3. The maximum absolute atomic E-state index is 14.7. The first-order chi connectivity index (χ1) is 19.0. The lowest BCUT2D eigenvalue weighted by atomic mass is 9.72. The number of carbonyl (C=O) groups is 2. The Morgan fingerprint density at radius 3 is 2.82 bits per heavy atom. The summed E-state index contributed by atoms with van der Waals surface area (Å²) in [5, 5.41) is 13.0. The van der Waals surface area contributed by atoms with Gasteiger partial charge in [-0.3, -0.25) is 19.0 Å². The Bertz CT molecular complexity index is 1610. The minimum absolute atomic E-state index is 0.0269. The number of anilines is 1. The molecule has 4 aromatic rings. The number of fused-ring (bicyclic) bond motifs is 8. The molecule has 0 N–H and O–H groups in total. The molecule has 1 fully saturated rings. The van der Waals surface area contributed by atoms with E-state index in [1.54, 1.807) is 22.5 Å². The summed E-state index contributed by atoms with van der Waals surface area (Å²) in [6.45, 7) is 3.80. The SMILES string of the molecule is Cc1cc(C(=O)N2CC[C@]34C(=O)N(Cc5cn(nn5)CCCOc5cccc(c5)[C@H]23)c2ccccc24)n(C)n1. The molecule has 3 aliphatic rings. The number of hydrogen-bond donors (Lipinski definition) is 0. The first-order valence-corrected chi connectivity index (χ1v) is 13.3. The summed E-state index contributed by atoms with van der Waals surface area (Å²) in [4.78, 5) is 32.5. The molecule has 10 heteroatoms. The van der Waals surface area contributed by atoms with E-state index in [2.05, 4.69) is 15.4 Å². The van der Waals surface area contributed by atoms with Crippen LogP contribution in [0.15, 0.2) is 60.8 Å². The molecule has 0 unspecified atom stereocenters. The van der Waals surface area contributed by atoms with Crippen LogP contribution in [0.25, 0.3) is 0 Å². The van der Waals surface area contributed by atoms with Gasteiger partial charge in [0.2, 0.25) is 5.91 Å². The fourth-order valence-electron chi connectivity index (χ4n) is 6.56. The molecule has 0 aliphatic carbocycles. The van der Waals surface area contributed by atoms with Gasteiger partial charge in [0.25, 0.3) is 5.91 Å². The molecule has 1 saturated heterocycles. The third-order valence-electron chi connectivity index (χ3n) is 8.19. The van der Waals surface area contributed by atoms with Gasteiger partial charge >= 0.3 is 0 Å². The highest BCUT2D eigenvalue weighted by Crippen LogP contribution is 2.57. The van der Waals surface area contributed by atoms with Gasteiger partial charge in [-0.15, -0.1) is 5.10 Å². The zero-order chi connectivity index (χ0) is 26.7.